The second-order valence-corrected chi connectivity index (χ2v) is 1.85. The van der Waals surface area contributed by atoms with Crippen molar-refractivity contribution in [3.63, 3.8) is 0 Å². The molecule has 2 N–H and O–H groups in total. The molecule has 8 heavy (non-hydrogen) atoms. The first-order chi connectivity index (χ1) is 3.46. The molecule has 3 heteroatoms. The molecule has 0 aromatic carbocycles. The summed E-state index contributed by atoms with van der Waals surface area (Å²) < 4.78 is 0. The molecule has 0 bridgehead atoms. The maximum atomic E-state index is 7.34. The van der Waals surface area contributed by atoms with E-state index in [0.717, 1.165) is 0 Å². The van der Waals surface area contributed by atoms with E-state index in [9.17, 15) is 0 Å². The van der Waals surface area contributed by atoms with Crippen LogP contribution in [0.15, 0.2) is 12.2 Å². The average Bonchev–Trinajstić information content (AvgIpc) is 1.25. The van der Waals surface area contributed by atoms with Gasteiger partial charge in [-0.05, 0) is 13.8 Å². The van der Waals surface area contributed by atoms with Crippen LogP contribution in [0.5, 0.6) is 0 Å². The third-order valence-electron chi connectivity index (χ3n) is 0. The Labute approximate surface area is 54.5 Å². The fourth-order valence-corrected chi connectivity index (χ4v) is 0. The second-order valence-electron chi connectivity index (χ2n) is 1.49. The minimum atomic E-state index is -1.000. The lowest BCUT2D eigenvalue weighted by Crippen LogP contribution is -1.80. The van der Waals surface area contributed by atoms with Crippen molar-refractivity contribution in [3.8, 4) is 0 Å². The summed E-state index contributed by atoms with van der Waals surface area (Å²) in [5.74, 6) is 0. The summed E-state index contributed by atoms with van der Waals surface area (Å²) in [5, 5.41) is 13.7. The molecule has 0 spiro atoms. The lowest BCUT2D eigenvalue weighted by molar-refractivity contribution is 0.386. The predicted molar refractivity (Wildman–Crippen MR) is 38.3 cm³/mol. The molecule has 0 atom stereocenters. The summed E-state index contributed by atoms with van der Waals surface area (Å²) in [6.45, 7) is 7.50. The first-order valence-electron chi connectivity index (χ1n) is 2.00. The fourth-order valence-electron chi connectivity index (χ4n) is 0. The number of aliphatic hydroxyl groups is 2. The van der Waals surface area contributed by atoms with E-state index in [-0.39, 0.29) is 0 Å². The van der Waals surface area contributed by atoms with Crippen LogP contribution in [0.3, 0.4) is 0 Å². The Morgan fingerprint density at radius 2 is 1.38 bits per heavy atom. The van der Waals surface area contributed by atoms with Crippen molar-refractivity contribution >= 4 is 17.5 Å². The van der Waals surface area contributed by atoms with Gasteiger partial charge < -0.3 is 10.2 Å². The molecule has 0 unspecified atom stereocenters. The Kier molecular flexibility index (Phi) is 8.37. The van der Waals surface area contributed by atoms with Crippen LogP contribution in [0.25, 0.3) is 0 Å². The zero-order valence-corrected chi connectivity index (χ0v) is 5.83. The van der Waals surface area contributed by atoms with Crippen molar-refractivity contribution in [1.82, 2.24) is 0 Å². The molecule has 0 aromatic rings. The molecule has 2 nitrogen and oxygen atoms in total. The fraction of sp³-hybridized carbons (Fsp3) is 0.400. The minimum absolute atomic E-state index is 1.000. The van der Waals surface area contributed by atoms with Gasteiger partial charge in [-0.15, -0.1) is 6.58 Å². The molecule has 0 aliphatic rings. The highest BCUT2D eigenvalue weighted by Gasteiger charge is 1.62. The molecule has 48 valence electrons. The highest BCUT2D eigenvalue weighted by Crippen LogP contribution is 1.73. The van der Waals surface area contributed by atoms with Gasteiger partial charge in [0.05, 0.1) is 0 Å². The van der Waals surface area contributed by atoms with Gasteiger partial charge in [0, 0.05) is 12.2 Å². The number of allylic oxidation sites excluding steroid dienone is 1. The Morgan fingerprint density at radius 3 is 1.38 bits per heavy atom. The number of thiocarbonyl (C=S) groups is 1. The van der Waals surface area contributed by atoms with Crippen molar-refractivity contribution in [2.45, 2.75) is 13.8 Å². The number of rotatable bonds is 0. The third-order valence-corrected chi connectivity index (χ3v) is 0. The van der Waals surface area contributed by atoms with Gasteiger partial charge in [-0.2, -0.15) is 0 Å². The quantitative estimate of drug-likeness (QED) is 0.393. The van der Waals surface area contributed by atoms with Gasteiger partial charge in [-0.3, -0.25) is 0 Å². The lowest BCUT2D eigenvalue weighted by atomic mass is 10.4. The second kappa shape index (κ2) is 6.43. The summed E-state index contributed by atoms with van der Waals surface area (Å²) in [4.78, 5) is 0. The van der Waals surface area contributed by atoms with Crippen LogP contribution in [0.4, 0.5) is 0 Å². The van der Waals surface area contributed by atoms with Crippen LogP contribution in [-0.2, 0) is 0 Å². The Balaban J connectivity index is 0. The Morgan fingerprint density at radius 1 is 1.38 bits per heavy atom. The van der Waals surface area contributed by atoms with Gasteiger partial charge in [0.1, 0.15) is 0 Å². The smallest absolute Gasteiger partial charge is 0.347 e. The van der Waals surface area contributed by atoms with Gasteiger partial charge in [0.25, 0.3) is 0 Å². The predicted octanol–water partition coefficient (Wildman–Crippen LogP) is 1.97. The molecule has 0 aliphatic carbocycles. The summed E-state index contributed by atoms with van der Waals surface area (Å²) in [5.41, 5.74) is 1.17. The molecule has 0 heterocycles. The summed E-state index contributed by atoms with van der Waals surface area (Å²) in [6, 6.07) is 0. The van der Waals surface area contributed by atoms with Crippen LogP contribution < -0.4 is 0 Å². The van der Waals surface area contributed by atoms with Crippen LogP contribution in [0, 0.1) is 0 Å². The number of hydrogen-bond acceptors (Lipinski definition) is 1. The van der Waals surface area contributed by atoms with E-state index >= 15 is 0 Å². The molecular weight excluding hydrogens is 124 g/mol. The summed E-state index contributed by atoms with van der Waals surface area (Å²) in [7, 11) is 0. The van der Waals surface area contributed by atoms with Gasteiger partial charge in [0.15, 0.2) is 0 Å². The van der Waals surface area contributed by atoms with Crippen LogP contribution in [0.2, 0.25) is 0 Å². The SMILES string of the molecule is C=C(C)C.OC(O)=S. The van der Waals surface area contributed by atoms with E-state index in [2.05, 4.69) is 18.8 Å². The molecule has 0 amide bonds. The van der Waals surface area contributed by atoms with Crippen molar-refractivity contribution < 1.29 is 10.2 Å². The highest BCUT2D eigenvalue weighted by molar-refractivity contribution is 7.79. The van der Waals surface area contributed by atoms with E-state index in [1.54, 1.807) is 0 Å². The lowest BCUT2D eigenvalue weighted by Gasteiger charge is -1.65. The third kappa shape index (κ3) is 328. The first-order valence-corrected chi connectivity index (χ1v) is 2.41. The zero-order chi connectivity index (χ0) is 7.15. The van der Waals surface area contributed by atoms with Gasteiger partial charge >= 0.3 is 5.24 Å². The average molecular weight is 134 g/mol. The monoisotopic (exact) mass is 134 g/mol. The molecular formula is C5H10O2S. The van der Waals surface area contributed by atoms with E-state index in [1.807, 2.05) is 13.8 Å². The van der Waals surface area contributed by atoms with Gasteiger partial charge in [-0.1, -0.05) is 5.57 Å². The summed E-state index contributed by atoms with van der Waals surface area (Å²) in [6.07, 6.45) is 0. The molecule has 0 radical (unpaired) electrons. The van der Waals surface area contributed by atoms with Crippen molar-refractivity contribution in [1.29, 1.82) is 0 Å². The minimum Gasteiger partial charge on any atom is -0.473 e. The number of aliphatic hydroxyl groups excluding tert-OH is 1. The van der Waals surface area contributed by atoms with E-state index < -0.39 is 5.24 Å². The highest BCUT2D eigenvalue weighted by atomic mass is 32.1. The first kappa shape index (κ1) is 10.4. The molecule has 0 aliphatic heterocycles. The molecule has 0 fully saturated rings. The van der Waals surface area contributed by atoms with Gasteiger partial charge in [-0.25, -0.2) is 0 Å². The standard InChI is InChI=1S/C4H8.CH2O2S/c1-4(2)3;2-1(3)4/h1H2,2-3H3;(H2,2,3,4). The van der Waals surface area contributed by atoms with E-state index in [0.29, 0.717) is 0 Å². The molecule has 0 aromatic heterocycles. The topological polar surface area (TPSA) is 40.5 Å². The van der Waals surface area contributed by atoms with E-state index in [1.165, 1.54) is 5.57 Å². The molecule has 0 saturated heterocycles. The van der Waals surface area contributed by atoms with Gasteiger partial charge in [0.2, 0.25) is 0 Å². The van der Waals surface area contributed by atoms with Crippen LogP contribution in [-0.4, -0.2) is 15.4 Å². The largest absolute Gasteiger partial charge is 0.473 e. The number of hydrogen-bond donors (Lipinski definition) is 2. The Bertz CT molecular complexity index is 68.4. The van der Waals surface area contributed by atoms with Crippen LogP contribution in [0.1, 0.15) is 13.8 Å². The van der Waals surface area contributed by atoms with Crippen molar-refractivity contribution in [3.05, 3.63) is 12.2 Å². The maximum Gasteiger partial charge on any atom is 0.347 e. The normalized spacial score (nSPS) is 6.25. The summed E-state index contributed by atoms with van der Waals surface area (Å²) >= 11 is 3.65. The van der Waals surface area contributed by atoms with Crippen molar-refractivity contribution in [2.75, 3.05) is 0 Å². The van der Waals surface area contributed by atoms with Crippen molar-refractivity contribution in [2.24, 2.45) is 0 Å². The van der Waals surface area contributed by atoms with Crippen LogP contribution >= 0.6 is 12.2 Å². The zero-order valence-electron chi connectivity index (χ0n) is 5.01. The Hall–Kier alpha value is -0.570. The molecule has 0 saturated carbocycles. The van der Waals surface area contributed by atoms with E-state index in [4.69, 9.17) is 10.2 Å². The molecule has 0 rings (SSSR count). The maximum absolute atomic E-state index is 7.34.